The van der Waals surface area contributed by atoms with Crippen LogP contribution < -0.4 is 0 Å². The van der Waals surface area contributed by atoms with Crippen molar-refractivity contribution < 1.29 is 26.6 Å². The van der Waals surface area contributed by atoms with Crippen LogP contribution in [-0.4, -0.2) is 60.3 Å². The second kappa shape index (κ2) is 10.0. The highest BCUT2D eigenvalue weighted by atomic mass is 28.4. The molecule has 0 bridgehead atoms. The maximum absolute atomic E-state index is 5.19. The van der Waals surface area contributed by atoms with Crippen LogP contribution in [0, 0.1) is 0 Å². The average Bonchev–Trinajstić information content (AvgIpc) is 2.41. The van der Waals surface area contributed by atoms with E-state index in [1.165, 1.54) is 0 Å². The Labute approximate surface area is 113 Å². The molecule has 0 radical (unpaired) electrons. The monoisotopic (exact) mass is 300 g/mol. The van der Waals surface area contributed by atoms with Crippen molar-refractivity contribution in [2.24, 2.45) is 0 Å². The van der Waals surface area contributed by atoms with Gasteiger partial charge in [0, 0.05) is 54.7 Å². The lowest BCUT2D eigenvalue weighted by molar-refractivity contribution is 0.115. The van der Waals surface area contributed by atoms with Crippen molar-refractivity contribution in [3.63, 3.8) is 0 Å². The lowest BCUT2D eigenvalue weighted by Gasteiger charge is -2.27. The Hall–Kier alpha value is 0.194. The van der Waals surface area contributed by atoms with Gasteiger partial charge in [-0.3, -0.25) is 0 Å². The summed E-state index contributed by atoms with van der Waals surface area (Å²) in [5.41, 5.74) is 0.312. The third-order valence-electron chi connectivity index (χ3n) is 2.67. The van der Waals surface area contributed by atoms with Gasteiger partial charge in [0.25, 0.3) is 0 Å². The maximum Gasteiger partial charge on any atom is 0.502 e. The molecule has 0 atom stereocenters. The minimum absolute atomic E-state index is 0.312. The summed E-state index contributed by atoms with van der Waals surface area (Å²) in [6, 6.07) is 0. The van der Waals surface area contributed by atoms with Crippen molar-refractivity contribution >= 4 is 17.6 Å². The summed E-state index contributed by atoms with van der Waals surface area (Å²) >= 11 is 0. The molecule has 0 aromatic rings. The zero-order valence-corrected chi connectivity index (χ0v) is 15.0. The summed E-state index contributed by atoms with van der Waals surface area (Å²) < 4.78 is 30.4. The minimum Gasteiger partial charge on any atom is -0.377 e. The molecule has 0 aromatic carbocycles. The SMILES string of the molecule is CO[Si](C)(OC)OC.CO[Si](OC)(OC)C(C)C. The minimum atomic E-state index is -2.29. The van der Waals surface area contributed by atoms with E-state index in [1.807, 2.05) is 20.4 Å². The van der Waals surface area contributed by atoms with Gasteiger partial charge in [0.2, 0.25) is 0 Å². The summed E-state index contributed by atoms with van der Waals surface area (Å²) in [6.07, 6.45) is 0. The van der Waals surface area contributed by atoms with E-state index < -0.39 is 17.6 Å². The van der Waals surface area contributed by atoms with Crippen LogP contribution in [0.5, 0.6) is 0 Å². The Balaban J connectivity index is 0. The predicted octanol–water partition coefficient (Wildman–Crippen LogP) is 1.77. The van der Waals surface area contributed by atoms with Gasteiger partial charge in [0.15, 0.2) is 0 Å². The van der Waals surface area contributed by atoms with Gasteiger partial charge in [-0.1, -0.05) is 13.8 Å². The molecule has 0 spiro atoms. The number of hydrogen-bond donors (Lipinski definition) is 0. The molecule has 0 aliphatic heterocycles. The van der Waals surface area contributed by atoms with Crippen LogP contribution in [0.3, 0.4) is 0 Å². The van der Waals surface area contributed by atoms with Gasteiger partial charge in [0.05, 0.1) is 0 Å². The average molecular weight is 300 g/mol. The number of hydrogen-bond acceptors (Lipinski definition) is 6. The van der Waals surface area contributed by atoms with Gasteiger partial charge in [-0.25, -0.2) is 0 Å². The van der Waals surface area contributed by atoms with E-state index in [0.717, 1.165) is 0 Å². The third kappa shape index (κ3) is 6.39. The Kier molecular flexibility index (Phi) is 11.4. The van der Waals surface area contributed by atoms with E-state index in [0.29, 0.717) is 5.54 Å². The van der Waals surface area contributed by atoms with Crippen molar-refractivity contribution in [3.8, 4) is 0 Å². The van der Waals surface area contributed by atoms with Crippen LogP contribution >= 0.6 is 0 Å². The molecule has 0 saturated carbocycles. The van der Waals surface area contributed by atoms with E-state index in [4.69, 9.17) is 26.6 Å². The third-order valence-corrected chi connectivity index (χ3v) is 8.02. The molecular formula is C10H28O6Si2. The van der Waals surface area contributed by atoms with Gasteiger partial charge in [-0.2, -0.15) is 0 Å². The standard InChI is InChI=1S/C6H16O3Si.C4H12O3Si/c1-6(2)10(7-3,8-4)9-5;1-5-8(4,6-2)7-3/h6H,1-5H3;1-4H3. The molecule has 6 nitrogen and oxygen atoms in total. The van der Waals surface area contributed by atoms with Gasteiger partial charge in [0.1, 0.15) is 0 Å². The van der Waals surface area contributed by atoms with E-state index in [2.05, 4.69) is 0 Å². The molecular weight excluding hydrogens is 272 g/mol. The molecule has 0 unspecified atom stereocenters. The highest BCUT2D eigenvalue weighted by Gasteiger charge is 2.41. The largest absolute Gasteiger partial charge is 0.502 e. The maximum atomic E-state index is 5.19. The first-order valence-corrected chi connectivity index (χ1v) is 9.64. The van der Waals surface area contributed by atoms with Crippen LogP contribution in [0.15, 0.2) is 0 Å². The molecule has 0 saturated heterocycles. The molecule has 0 aliphatic rings. The molecule has 8 heteroatoms. The second-order valence-electron chi connectivity index (χ2n) is 3.85. The van der Waals surface area contributed by atoms with Gasteiger partial charge < -0.3 is 26.6 Å². The predicted molar refractivity (Wildman–Crippen MR) is 74.5 cm³/mol. The second-order valence-corrected chi connectivity index (χ2v) is 10.4. The van der Waals surface area contributed by atoms with Crippen LogP contribution in [0.4, 0.5) is 0 Å². The Bertz CT molecular complexity index is 178. The fourth-order valence-corrected chi connectivity index (χ4v) is 3.62. The smallest absolute Gasteiger partial charge is 0.377 e. The van der Waals surface area contributed by atoms with Crippen LogP contribution in [-0.2, 0) is 26.6 Å². The summed E-state index contributed by atoms with van der Waals surface area (Å²) in [4.78, 5) is 0. The quantitative estimate of drug-likeness (QED) is 0.668. The van der Waals surface area contributed by atoms with Gasteiger partial charge >= 0.3 is 17.6 Å². The summed E-state index contributed by atoms with van der Waals surface area (Å²) in [6.45, 7) is 5.89. The van der Waals surface area contributed by atoms with Crippen molar-refractivity contribution in [2.45, 2.75) is 25.9 Å². The van der Waals surface area contributed by atoms with Crippen LogP contribution in [0.2, 0.25) is 12.1 Å². The van der Waals surface area contributed by atoms with Gasteiger partial charge in [-0.15, -0.1) is 0 Å². The van der Waals surface area contributed by atoms with Crippen molar-refractivity contribution in [3.05, 3.63) is 0 Å². The first-order valence-electron chi connectivity index (χ1n) is 5.62. The zero-order valence-electron chi connectivity index (χ0n) is 13.0. The molecule has 18 heavy (non-hydrogen) atoms. The fraction of sp³-hybridized carbons (Fsp3) is 1.00. The Morgan fingerprint density at radius 1 is 0.611 bits per heavy atom. The lowest BCUT2D eigenvalue weighted by atomic mass is 10.6. The molecule has 0 aliphatic carbocycles. The topological polar surface area (TPSA) is 55.4 Å². The highest BCUT2D eigenvalue weighted by Crippen LogP contribution is 2.21. The lowest BCUT2D eigenvalue weighted by Crippen LogP contribution is -2.45. The molecule has 0 heterocycles. The Morgan fingerprint density at radius 2 is 0.889 bits per heavy atom. The summed E-state index contributed by atoms with van der Waals surface area (Å²) in [7, 11) is 5.15. The first kappa shape index (κ1) is 20.5. The van der Waals surface area contributed by atoms with E-state index in [1.54, 1.807) is 42.7 Å². The normalized spacial score (nSPS) is 12.3. The van der Waals surface area contributed by atoms with Gasteiger partial charge in [-0.05, 0) is 0 Å². The van der Waals surface area contributed by atoms with E-state index in [-0.39, 0.29) is 0 Å². The number of rotatable bonds is 7. The van der Waals surface area contributed by atoms with Crippen molar-refractivity contribution in [1.29, 1.82) is 0 Å². The fourth-order valence-electron chi connectivity index (χ4n) is 1.21. The highest BCUT2D eigenvalue weighted by molar-refractivity contribution is 6.62. The molecule has 112 valence electrons. The first-order chi connectivity index (χ1) is 8.31. The van der Waals surface area contributed by atoms with E-state index >= 15 is 0 Å². The molecule has 0 rings (SSSR count). The van der Waals surface area contributed by atoms with Crippen molar-refractivity contribution in [2.75, 3.05) is 42.7 Å². The Morgan fingerprint density at radius 3 is 0.889 bits per heavy atom. The van der Waals surface area contributed by atoms with E-state index in [9.17, 15) is 0 Å². The molecule has 0 aromatic heterocycles. The summed E-state index contributed by atoms with van der Waals surface area (Å²) in [5, 5.41) is 0. The van der Waals surface area contributed by atoms with Crippen molar-refractivity contribution in [1.82, 2.24) is 0 Å². The molecule has 0 amide bonds. The van der Waals surface area contributed by atoms with Crippen LogP contribution in [0.25, 0.3) is 0 Å². The zero-order chi connectivity index (χ0) is 14.8. The van der Waals surface area contributed by atoms with Crippen LogP contribution in [0.1, 0.15) is 13.8 Å². The summed E-state index contributed by atoms with van der Waals surface area (Å²) in [5.74, 6) is 0. The molecule has 0 fully saturated rings. The molecule has 0 N–H and O–H groups in total.